The van der Waals surface area contributed by atoms with Crippen molar-refractivity contribution in [1.29, 1.82) is 0 Å². The summed E-state index contributed by atoms with van der Waals surface area (Å²) >= 11 is 0. The summed E-state index contributed by atoms with van der Waals surface area (Å²) in [5, 5.41) is 0. The van der Waals surface area contributed by atoms with Crippen LogP contribution in [0.1, 0.15) is 20.3 Å². The summed E-state index contributed by atoms with van der Waals surface area (Å²) in [6, 6.07) is 0. The molecule has 0 fully saturated rings. The Balaban J connectivity index is 6.40. The molecule has 0 bridgehead atoms. The lowest BCUT2D eigenvalue weighted by atomic mass is 9.90. The summed E-state index contributed by atoms with van der Waals surface area (Å²) in [4.78, 5) is 22.6. The predicted octanol–water partition coefficient (Wildman–Crippen LogP) is 5.72. The Kier molecular flexibility index (Phi) is 9.51. The average Bonchev–Trinajstić information content (AvgIpc) is 2.70. The number of ether oxygens (including phenoxy) is 1. The van der Waals surface area contributed by atoms with Crippen LogP contribution in [-0.4, -0.2) is 78.2 Å². The molecular formula is C17H16F15NO3. The Bertz CT molecular complexity index is 836. The van der Waals surface area contributed by atoms with Crippen LogP contribution in [0.4, 0.5) is 65.9 Å². The summed E-state index contributed by atoms with van der Waals surface area (Å²) in [6.07, 6.45) is -8.13. The van der Waals surface area contributed by atoms with Crippen LogP contribution in [0.5, 0.6) is 0 Å². The van der Waals surface area contributed by atoms with Gasteiger partial charge in [0.2, 0.25) is 0 Å². The maximum Gasteiger partial charge on any atom is 0.460 e. The first kappa shape index (κ1) is 33.6. The summed E-state index contributed by atoms with van der Waals surface area (Å²) in [7, 11) is 0. The molecule has 0 N–H and O–H groups in total. The number of alkyl halides is 15. The molecule has 0 saturated carbocycles. The first-order chi connectivity index (χ1) is 15.7. The van der Waals surface area contributed by atoms with E-state index in [1.54, 1.807) is 0 Å². The van der Waals surface area contributed by atoms with Crippen molar-refractivity contribution in [2.45, 2.75) is 62.0 Å². The average molecular weight is 567 g/mol. The molecular weight excluding hydrogens is 551 g/mol. The van der Waals surface area contributed by atoms with Crippen LogP contribution in [0.2, 0.25) is 0 Å². The van der Waals surface area contributed by atoms with Crippen LogP contribution in [0, 0.1) is 0 Å². The molecule has 0 saturated heterocycles. The Hall–Kier alpha value is -2.37. The van der Waals surface area contributed by atoms with Gasteiger partial charge in [0.05, 0.1) is 6.54 Å². The lowest BCUT2D eigenvalue weighted by Gasteiger charge is -2.41. The molecule has 1 amide bonds. The fourth-order valence-electron chi connectivity index (χ4n) is 2.26. The smallest absolute Gasteiger partial charge is 0.460 e. The third-order valence-electron chi connectivity index (χ3n) is 4.32. The first-order valence-corrected chi connectivity index (χ1v) is 9.15. The van der Waals surface area contributed by atoms with E-state index in [-0.39, 0.29) is 5.57 Å². The molecule has 0 aromatic heterocycles. The van der Waals surface area contributed by atoms with Gasteiger partial charge in [-0.05, 0) is 13.3 Å². The number of hydrogen-bond acceptors (Lipinski definition) is 3. The van der Waals surface area contributed by atoms with E-state index in [4.69, 9.17) is 0 Å². The third-order valence-corrected chi connectivity index (χ3v) is 4.32. The maximum absolute atomic E-state index is 14.1. The summed E-state index contributed by atoms with van der Waals surface area (Å²) in [5.41, 5.74) is -0.293. The van der Waals surface area contributed by atoms with Crippen molar-refractivity contribution in [2.75, 3.05) is 19.7 Å². The van der Waals surface area contributed by atoms with Crippen LogP contribution < -0.4 is 0 Å². The quantitative estimate of drug-likeness (QED) is 0.172. The van der Waals surface area contributed by atoms with Crippen molar-refractivity contribution in [3.05, 3.63) is 12.2 Å². The molecule has 0 atom stereocenters. The first-order valence-electron chi connectivity index (χ1n) is 9.15. The highest BCUT2D eigenvalue weighted by molar-refractivity contribution is 5.87. The largest absolute Gasteiger partial charge is 0.460 e. The number of carbonyl (C=O) groups excluding carboxylic acids is 2. The van der Waals surface area contributed by atoms with Crippen molar-refractivity contribution < 1.29 is 80.2 Å². The number of rotatable bonds is 12. The van der Waals surface area contributed by atoms with Crippen molar-refractivity contribution in [3.63, 3.8) is 0 Å². The molecule has 0 radical (unpaired) electrons. The van der Waals surface area contributed by atoms with E-state index in [0.717, 1.165) is 13.8 Å². The van der Waals surface area contributed by atoms with Crippen LogP contribution in [-0.2, 0) is 14.3 Å². The van der Waals surface area contributed by atoms with E-state index in [1.165, 1.54) is 0 Å². The highest BCUT2D eigenvalue weighted by Gasteiger charge is 2.94. The molecule has 0 aliphatic carbocycles. The van der Waals surface area contributed by atoms with Gasteiger partial charge in [-0.15, -0.1) is 0 Å². The van der Waals surface area contributed by atoms with Gasteiger partial charge < -0.3 is 9.64 Å². The van der Waals surface area contributed by atoms with E-state index in [0.29, 0.717) is 0 Å². The van der Waals surface area contributed by atoms with Crippen LogP contribution >= 0.6 is 0 Å². The summed E-state index contributed by atoms with van der Waals surface area (Å²) in [6.45, 7) is 1.86. The van der Waals surface area contributed by atoms with Crippen molar-refractivity contribution in [2.24, 2.45) is 0 Å². The van der Waals surface area contributed by atoms with Gasteiger partial charge in [-0.1, -0.05) is 13.5 Å². The molecule has 19 heteroatoms. The fraction of sp³-hybridized carbons (Fsp3) is 0.765. The molecule has 0 aliphatic rings. The van der Waals surface area contributed by atoms with Gasteiger partial charge in [-0.3, -0.25) is 4.79 Å². The standard InChI is InChI=1S/C17H16F15NO3/c1-4-5-33(6-7-36-9(34)8(2)3)10(35)11(18,19)12(20,21)13(22,23)14(24,25)15(26,27)16(28,29)17(30,31)32/h2,4-7H2,1,3H3. The zero-order chi connectivity index (χ0) is 29.3. The summed E-state index contributed by atoms with van der Waals surface area (Å²) < 4.78 is 203. The van der Waals surface area contributed by atoms with Crippen molar-refractivity contribution in [3.8, 4) is 0 Å². The van der Waals surface area contributed by atoms with Crippen molar-refractivity contribution in [1.82, 2.24) is 4.90 Å². The zero-order valence-electron chi connectivity index (χ0n) is 17.9. The Morgan fingerprint density at radius 3 is 1.44 bits per heavy atom. The molecule has 0 unspecified atom stereocenters. The molecule has 0 rings (SSSR count). The second-order valence-electron chi connectivity index (χ2n) is 7.15. The lowest BCUT2D eigenvalue weighted by molar-refractivity contribution is -0.449. The second kappa shape index (κ2) is 10.2. The maximum atomic E-state index is 14.1. The fourth-order valence-corrected chi connectivity index (χ4v) is 2.26. The SMILES string of the molecule is C=C(C)C(=O)OCCN(CCC)C(=O)C(F)(F)C(F)(F)C(F)(F)C(F)(F)C(F)(F)C(F)(F)C(F)(F)F. The monoisotopic (exact) mass is 567 g/mol. The number of hydrogen-bond donors (Lipinski definition) is 0. The molecule has 0 aromatic rings. The van der Waals surface area contributed by atoms with Gasteiger partial charge in [-0.2, -0.15) is 65.9 Å². The summed E-state index contributed by atoms with van der Waals surface area (Å²) in [5.74, 6) is -53.0. The van der Waals surface area contributed by atoms with Gasteiger partial charge in [0.25, 0.3) is 5.91 Å². The molecule has 4 nitrogen and oxygen atoms in total. The Morgan fingerprint density at radius 1 is 0.694 bits per heavy atom. The lowest BCUT2D eigenvalue weighted by Crippen LogP contribution is -2.74. The van der Waals surface area contributed by atoms with Gasteiger partial charge in [0.15, 0.2) is 0 Å². The Morgan fingerprint density at radius 2 is 1.08 bits per heavy atom. The zero-order valence-corrected chi connectivity index (χ0v) is 17.9. The molecule has 0 aliphatic heterocycles. The van der Waals surface area contributed by atoms with E-state index in [9.17, 15) is 75.4 Å². The van der Waals surface area contributed by atoms with Crippen LogP contribution in [0.15, 0.2) is 12.2 Å². The van der Waals surface area contributed by atoms with E-state index < -0.39 is 84.6 Å². The van der Waals surface area contributed by atoms with E-state index in [2.05, 4.69) is 11.3 Å². The van der Waals surface area contributed by atoms with E-state index >= 15 is 0 Å². The van der Waals surface area contributed by atoms with Gasteiger partial charge in [0, 0.05) is 12.1 Å². The van der Waals surface area contributed by atoms with Gasteiger partial charge in [-0.25, -0.2) is 4.79 Å². The number of carbonyl (C=O) groups is 2. The second-order valence-corrected chi connectivity index (χ2v) is 7.15. The van der Waals surface area contributed by atoms with Gasteiger partial charge in [0.1, 0.15) is 6.61 Å². The molecule has 212 valence electrons. The van der Waals surface area contributed by atoms with Crippen LogP contribution in [0.25, 0.3) is 0 Å². The molecule has 0 heterocycles. The number of halogens is 15. The van der Waals surface area contributed by atoms with E-state index in [1.807, 2.05) is 0 Å². The van der Waals surface area contributed by atoms with Crippen molar-refractivity contribution >= 4 is 11.9 Å². The minimum atomic E-state index is -8.49. The Labute approximate surface area is 192 Å². The predicted molar refractivity (Wildman–Crippen MR) is 88.4 cm³/mol. The minimum absolute atomic E-state index is 0.293. The highest BCUT2D eigenvalue weighted by Crippen LogP contribution is 2.62. The normalized spacial score (nSPS) is 14.5. The number of amides is 1. The molecule has 0 spiro atoms. The third kappa shape index (κ3) is 5.33. The topological polar surface area (TPSA) is 46.6 Å². The number of esters is 1. The number of nitrogens with zero attached hydrogens (tertiary/aromatic N) is 1. The van der Waals surface area contributed by atoms with Gasteiger partial charge >= 0.3 is 47.7 Å². The highest BCUT2D eigenvalue weighted by atomic mass is 19.4. The molecule has 0 aromatic carbocycles. The minimum Gasteiger partial charge on any atom is -0.460 e. The van der Waals surface area contributed by atoms with Crippen LogP contribution in [0.3, 0.4) is 0 Å². The molecule has 36 heavy (non-hydrogen) atoms.